The molecule has 0 fully saturated rings. The van der Waals surface area contributed by atoms with E-state index in [4.69, 9.17) is 11.6 Å². The Morgan fingerprint density at radius 1 is 1.36 bits per heavy atom. The van der Waals surface area contributed by atoms with Crippen molar-refractivity contribution in [1.82, 2.24) is 4.98 Å². The number of rotatable bonds is 4. The molecule has 0 radical (unpaired) electrons. The second kappa shape index (κ2) is 6.53. The van der Waals surface area contributed by atoms with Gasteiger partial charge in [-0.05, 0) is 17.7 Å². The smallest absolute Gasteiger partial charge is 0.423 e. The molecule has 0 spiro atoms. The number of amides is 1. The summed E-state index contributed by atoms with van der Waals surface area (Å²) in [5.41, 5.74) is 0.253. The Morgan fingerprint density at radius 3 is 2.80 bits per heavy atom. The number of hydrogen-bond acceptors (Lipinski definition) is 4. The quantitative estimate of drug-likeness (QED) is 0.895. The van der Waals surface area contributed by atoms with Crippen LogP contribution in [0.3, 0.4) is 0 Å². The van der Waals surface area contributed by atoms with Crippen LogP contribution in [0.1, 0.15) is 17.2 Å². The van der Waals surface area contributed by atoms with E-state index in [1.807, 2.05) is 0 Å². The minimum absolute atomic E-state index is 0.000834. The van der Waals surface area contributed by atoms with Crippen LogP contribution in [-0.4, -0.2) is 28.8 Å². The van der Waals surface area contributed by atoms with Crippen LogP contribution in [0.15, 0.2) is 36.7 Å². The number of ether oxygens (including phenoxy) is 1. The summed E-state index contributed by atoms with van der Waals surface area (Å²) in [4.78, 5) is 16.8. The highest BCUT2D eigenvalue weighted by Gasteiger charge is 2.51. The molecule has 3 rings (SSSR count). The van der Waals surface area contributed by atoms with Gasteiger partial charge >= 0.3 is 12.0 Å². The maximum atomic E-state index is 14.0. The maximum Gasteiger partial charge on any atom is 0.483 e. The number of para-hydroxylation sites is 1. The molecular weight excluding hydrogens is 361 g/mol. The molecule has 1 aromatic carbocycles. The molecule has 0 aliphatic carbocycles. The highest BCUT2D eigenvalue weighted by Crippen LogP contribution is 2.44. The Kier molecular flexibility index (Phi) is 4.57. The number of pyridine rings is 1. The van der Waals surface area contributed by atoms with Gasteiger partial charge < -0.3 is 9.84 Å². The average molecular weight is 373 g/mol. The minimum atomic E-state index is -4.15. The zero-order valence-electron chi connectivity index (χ0n) is 12.6. The van der Waals surface area contributed by atoms with Crippen molar-refractivity contribution < 1.29 is 27.8 Å². The van der Waals surface area contributed by atoms with Gasteiger partial charge in [0.15, 0.2) is 5.75 Å². The lowest BCUT2D eigenvalue weighted by Gasteiger charge is -2.35. The molecule has 1 aliphatic heterocycles. The fourth-order valence-corrected chi connectivity index (χ4v) is 2.73. The van der Waals surface area contributed by atoms with Crippen LogP contribution in [0.2, 0.25) is 5.02 Å². The van der Waals surface area contributed by atoms with Crippen LogP contribution in [0.25, 0.3) is 0 Å². The predicted molar refractivity (Wildman–Crippen MR) is 83.4 cm³/mol. The van der Waals surface area contributed by atoms with Crippen LogP contribution >= 0.6 is 11.6 Å². The number of alkyl halides is 3. The Labute approximate surface area is 145 Å². The van der Waals surface area contributed by atoms with Crippen molar-refractivity contribution in [3.8, 4) is 5.75 Å². The Bertz CT molecular complexity index is 819. The molecule has 0 bridgehead atoms. The molecular formula is C16H12ClF3N2O3. The molecule has 1 aromatic heterocycles. The number of anilines is 1. The largest absolute Gasteiger partial charge is 0.483 e. The molecule has 0 saturated carbocycles. The molecule has 2 aromatic rings. The number of aliphatic hydroxyl groups is 1. The molecule has 132 valence electrons. The van der Waals surface area contributed by atoms with Crippen molar-refractivity contribution in [3.05, 3.63) is 52.8 Å². The maximum absolute atomic E-state index is 14.0. The van der Waals surface area contributed by atoms with E-state index in [1.54, 1.807) is 0 Å². The molecule has 9 heteroatoms. The van der Waals surface area contributed by atoms with Gasteiger partial charge in [-0.25, -0.2) is 4.39 Å². The first kappa shape index (κ1) is 17.5. The Hall–Kier alpha value is -2.32. The lowest BCUT2D eigenvalue weighted by atomic mass is 10.1. The highest BCUT2D eigenvalue weighted by molar-refractivity contribution is 6.30. The third kappa shape index (κ3) is 3.27. The van der Waals surface area contributed by atoms with Crippen molar-refractivity contribution in [3.63, 3.8) is 0 Å². The van der Waals surface area contributed by atoms with Crippen LogP contribution in [-0.2, 0) is 11.3 Å². The lowest BCUT2D eigenvalue weighted by Crippen LogP contribution is -2.50. The number of halogens is 4. The predicted octanol–water partition coefficient (Wildman–Crippen LogP) is 3.26. The number of aliphatic hydroxyl groups excluding tert-OH is 1. The number of nitrogens with zero attached hydrogens (tertiary/aromatic N) is 2. The Balaban J connectivity index is 2.08. The summed E-state index contributed by atoms with van der Waals surface area (Å²) < 4.78 is 45.3. The van der Waals surface area contributed by atoms with Gasteiger partial charge in [-0.15, -0.1) is 0 Å². The number of hydrogen-bond donors (Lipinski definition) is 1. The summed E-state index contributed by atoms with van der Waals surface area (Å²) >= 11 is 5.83. The van der Waals surface area contributed by atoms with E-state index >= 15 is 0 Å². The monoisotopic (exact) mass is 372 g/mol. The molecule has 5 nitrogen and oxygen atoms in total. The fourth-order valence-electron chi connectivity index (χ4n) is 2.53. The summed E-state index contributed by atoms with van der Waals surface area (Å²) in [5.74, 6) is -2.01. The molecule has 0 unspecified atom stereocenters. The van der Waals surface area contributed by atoms with Crippen LogP contribution in [0.4, 0.5) is 18.9 Å². The summed E-state index contributed by atoms with van der Waals surface area (Å²) in [7, 11) is 0. The second-order valence-electron chi connectivity index (χ2n) is 5.39. The van der Waals surface area contributed by atoms with E-state index in [0.717, 1.165) is 4.90 Å². The normalized spacial score (nSPS) is 17.0. The van der Waals surface area contributed by atoms with Gasteiger partial charge in [-0.3, -0.25) is 14.7 Å². The van der Waals surface area contributed by atoms with E-state index in [-0.39, 0.29) is 22.8 Å². The first-order chi connectivity index (χ1) is 11.8. The second-order valence-corrected chi connectivity index (χ2v) is 5.82. The number of carbonyl (C=O) groups excluding carboxylic acids is 1. The van der Waals surface area contributed by atoms with Gasteiger partial charge in [0.25, 0.3) is 0 Å². The van der Waals surface area contributed by atoms with Crippen LogP contribution in [0, 0.1) is 0 Å². The van der Waals surface area contributed by atoms with Crippen molar-refractivity contribution >= 4 is 23.2 Å². The molecule has 1 amide bonds. The standard InChI is InChI=1S/C16H12ClF3N2O3/c17-10-4-9(6-21-7-10)8-22-12-3-1-2-11(13(23)5-18)14(12)25-16(19,20)15(22)24/h1-4,6-7,13,23H,5,8H2/t13-/m0/s1. The van der Waals surface area contributed by atoms with Crippen molar-refractivity contribution in [2.24, 2.45) is 0 Å². The first-order valence-electron chi connectivity index (χ1n) is 7.18. The van der Waals surface area contributed by atoms with E-state index in [1.165, 1.54) is 36.7 Å². The summed E-state index contributed by atoms with van der Waals surface area (Å²) in [6.45, 7) is -1.43. The third-order valence-corrected chi connectivity index (χ3v) is 3.85. The van der Waals surface area contributed by atoms with E-state index in [9.17, 15) is 23.1 Å². The van der Waals surface area contributed by atoms with Gasteiger partial charge in [0, 0.05) is 18.0 Å². The molecule has 25 heavy (non-hydrogen) atoms. The van der Waals surface area contributed by atoms with Crippen molar-refractivity contribution in [1.29, 1.82) is 0 Å². The molecule has 2 heterocycles. The van der Waals surface area contributed by atoms with Gasteiger partial charge in [0.2, 0.25) is 0 Å². The molecule has 0 saturated heterocycles. The van der Waals surface area contributed by atoms with Gasteiger partial charge in [-0.2, -0.15) is 8.78 Å². The van der Waals surface area contributed by atoms with Gasteiger partial charge in [0.05, 0.1) is 17.3 Å². The number of fused-ring (bicyclic) bond motifs is 1. The van der Waals surface area contributed by atoms with Crippen LogP contribution in [0.5, 0.6) is 5.75 Å². The Morgan fingerprint density at radius 2 is 2.12 bits per heavy atom. The third-order valence-electron chi connectivity index (χ3n) is 3.65. The topological polar surface area (TPSA) is 62.7 Å². The zero-order valence-corrected chi connectivity index (χ0v) is 13.4. The summed E-state index contributed by atoms with van der Waals surface area (Å²) in [5, 5.41) is 9.99. The van der Waals surface area contributed by atoms with Crippen molar-refractivity contribution in [2.75, 3.05) is 11.6 Å². The van der Waals surface area contributed by atoms with E-state index in [0.29, 0.717) is 5.56 Å². The minimum Gasteiger partial charge on any atom is -0.423 e. The number of carbonyl (C=O) groups is 1. The van der Waals surface area contributed by atoms with E-state index in [2.05, 4.69) is 9.72 Å². The number of benzene rings is 1. The summed E-state index contributed by atoms with van der Waals surface area (Å²) in [6.07, 6.45) is -3.05. The first-order valence-corrected chi connectivity index (χ1v) is 7.56. The lowest BCUT2D eigenvalue weighted by molar-refractivity contribution is -0.193. The molecule has 1 atom stereocenters. The molecule has 1 N–H and O–H groups in total. The van der Waals surface area contributed by atoms with Crippen LogP contribution < -0.4 is 9.64 Å². The van der Waals surface area contributed by atoms with Gasteiger partial charge in [0.1, 0.15) is 12.8 Å². The SMILES string of the molecule is O=C1N(Cc2cncc(Cl)c2)c2cccc([C@@H](O)CF)c2OC1(F)F. The summed E-state index contributed by atoms with van der Waals surface area (Å²) in [6, 6.07) is 5.52. The number of aromatic nitrogens is 1. The van der Waals surface area contributed by atoms with E-state index < -0.39 is 30.5 Å². The average Bonchev–Trinajstić information content (AvgIpc) is 2.57. The highest BCUT2D eigenvalue weighted by atomic mass is 35.5. The fraction of sp³-hybridized carbons (Fsp3) is 0.250. The van der Waals surface area contributed by atoms with Gasteiger partial charge in [-0.1, -0.05) is 23.7 Å². The molecule has 1 aliphatic rings. The zero-order chi connectivity index (χ0) is 18.2. The van der Waals surface area contributed by atoms with Crippen molar-refractivity contribution in [2.45, 2.75) is 18.8 Å².